The van der Waals surface area contributed by atoms with Gasteiger partial charge in [-0.15, -0.1) is 5.10 Å². The summed E-state index contributed by atoms with van der Waals surface area (Å²) in [6.07, 6.45) is 11.1. The molecule has 3 N–H and O–H groups in total. The third kappa shape index (κ3) is 5.26. The highest BCUT2D eigenvalue weighted by atomic mass is 16.4. The lowest BCUT2D eigenvalue weighted by molar-refractivity contribution is -0.124. The Bertz CT molecular complexity index is 834. The van der Waals surface area contributed by atoms with Crippen LogP contribution in [0.25, 0.3) is 11.5 Å². The minimum Gasteiger partial charge on any atom is -0.403 e. The van der Waals surface area contributed by atoms with Crippen LogP contribution >= 0.6 is 0 Å². The van der Waals surface area contributed by atoms with E-state index in [2.05, 4.69) is 20.4 Å². The zero-order valence-electron chi connectivity index (χ0n) is 18.4. The molecule has 0 radical (unpaired) electrons. The molecule has 4 rings (SSSR count). The van der Waals surface area contributed by atoms with Crippen molar-refractivity contribution in [3.8, 4) is 11.5 Å². The fourth-order valence-corrected chi connectivity index (χ4v) is 5.03. The first kappa shape index (κ1) is 21.8. The van der Waals surface area contributed by atoms with Gasteiger partial charge in [0.2, 0.25) is 11.8 Å². The molecule has 2 fully saturated rings. The van der Waals surface area contributed by atoms with Gasteiger partial charge in [0.1, 0.15) is 0 Å². The number of benzene rings is 1. The van der Waals surface area contributed by atoms with Crippen molar-refractivity contribution in [2.24, 2.45) is 5.73 Å². The Morgan fingerprint density at radius 1 is 1.00 bits per heavy atom. The van der Waals surface area contributed by atoms with Gasteiger partial charge in [-0.05, 0) is 69.4 Å². The van der Waals surface area contributed by atoms with Crippen molar-refractivity contribution >= 4 is 11.9 Å². The minimum absolute atomic E-state index is 0.212. The smallest absolute Gasteiger partial charge is 0.315 e. The first-order valence-corrected chi connectivity index (χ1v) is 11.9. The molecule has 1 aromatic heterocycles. The van der Waals surface area contributed by atoms with E-state index in [1.807, 2.05) is 24.3 Å². The van der Waals surface area contributed by atoms with Crippen LogP contribution in [-0.2, 0) is 10.2 Å². The predicted octanol–water partition coefficient (Wildman–Crippen LogP) is 4.10. The maximum absolute atomic E-state index is 12.4. The fourth-order valence-electron chi connectivity index (χ4n) is 5.03. The number of hydrogen-bond acceptors (Lipinski definition) is 6. The summed E-state index contributed by atoms with van der Waals surface area (Å²) in [7, 11) is 0. The lowest BCUT2D eigenvalue weighted by atomic mass is 9.73. The second kappa shape index (κ2) is 10.3. The fraction of sp³-hybridized carbons (Fsp3) is 0.625. The Balaban J connectivity index is 1.34. The number of likely N-dealkylation sites (tertiary alicyclic amines) is 1. The number of carbonyl (C=O) groups is 1. The van der Waals surface area contributed by atoms with Gasteiger partial charge in [0.05, 0.1) is 5.41 Å². The molecule has 2 aliphatic rings. The SMILES string of the molecule is NC(=O)C1(c2ccc(-c3nnc(NCCCN4CCCCC4)o3)cc2)CCCCCC1. The normalized spacial score (nSPS) is 19.6. The number of anilines is 1. The van der Waals surface area contributed by atoms with Gasteiger partial charge in [0, 0.05) is 12.1 Å². The van der Waals surface area contributed by atoms with E-state index in [0.29, 0.717) is 11.9 Å². The van der Waals surface area contributed by atoms with E-state index in [9.17, 15) is 4.79 Å². The van der Waals surface area contributed by atoms with Crippen LogP contribution in [0.5, 0.6) is 0 Å². The minimum atomic E-state index is -0.551. The molecule has 1 amide bonds. The third-order valence-corrected chi connectivity index (χ3v) is 6.91. The van der Waals surface area contributed by atoms with Gasteiger partial charge >= 0.3 is 6.01 Å². The van der Waals surface area contributed by atoms with Gasteiger partial charge in [-0.2, -0.15) is 0 Å². The number of hydrogen-bond donors (Lipinski definition) is 2. The molecular weight excluding hydrogens is 390 g/mol. The third-order valence-electron chi connectivity index (χ3n) is 6.91. The molecule has 7 nitrogen and oxygen atoms in total. The summed E-state index contributed by atoms with van der Waals surface area (Å²) in [5.74, 6) is 0.273. The Morgan fingerprint density at radius 3 is 2.35 bits per heavy atom. The van der Waals surface area contributed by atoms with E-state index in [1.54, 1.807) is 0 Å². The molecule has 0 bridgehead atoms. The number of primary amides is 1. The maximum atomic E-state index is 12.4. The van der Waals surface area contributed by atoms with Crippen LogP contribution in [0.15, 0.2) is 28.7 Å². The van der Waals surface area contributed by atoms with Crippen LogP contribution in [0.3, 0.4) is 0 Å². The van der Waals surface area contributed by atoms with E-state index in [-0.39, 0.29) is 5.91 Å². The number of carbonyl (C=O) groups excluding carboxylic acids is 1. The summed E-state index contributed by atoms with van der Waals surface area (Å²) >= 11 is 0. The standard InChI is InChI=1S/C24H35N5O2/c25-22(30)24(13-4-1-2-5-14-24)20-11-9-19(10-12-20)21-27-28-23(31-21)26-15-8-18-29-16-6-3-7-17-29/h9-12H,1-8,13-18H2,(H2,25,30)(H,26,28). The van der Waals surface area contributed by atoms with Crippen molar-refractivity contribution in [3.05, 3.63) is 29.8 Å². The number of nitrogens with two attached hydrogens (primary N) is 1. The number of aromatic nitrogens is 2. The van der Waals surface area contributed by atoms with Crippen molar-refractivity contribution in [1.82, 2.24) is 15.1 Å². The summed E-state index contributed by atoms with van der Waals surface area (Å²) in [5, 5.41) is 11.5. The van der Waals surface area contributed by atoms with Crippen molar-refractivity contribution in [1.29, 1.82) is 0 Å². The van der Waals surface area contributed by atoms with Crippen molar-refractivity contribution in [2.75, 3.05) is 31.5 Å². The molecule has 1 aromatic carbocycles. The lowest BCUT2D eigenvalue weighted by Gasteiger charge is -2.30. The molecule has 31 heavy (non-hydrogen) atoms. The average molecular weight is 426 g/mol. The Hall–Kier alpha value is -2.41. The Morgan fingerprint density at radius 2 is 1.68 bits per heavy atom. The van der Waals surface area contributed by atoms with Gasteiger partial charge in [0.25, 0.3) is 0 Å². The lowest BCUT2D eigenvalue weighted by Crippen LogP contribution is -2.40. The maximum Gasteiger partial charge on any atom is 0.315 e. The number of piperidine rings is 1. The summed E-state index contributed by atoms with van der Waals surface area (Å²) in [6, 6.07) is 8.37. The Kier molecular flexibility index (Phi) is 7.22. The molecule has 168 valence electrons. The molecule has 0 unspecified atom stereocenters. The van der Waals surface area contributed by atoms with Crippen molar-refractivity contribution in [2.45, 2.75) is 69.6 Å². The van der Waals surface area contributed by atoms with Crippen molar-refractivity contribution < 1.29 is 9.21 Å². The molecule has 1 aliphatic carbocycles. The highest BCUT2D eigenvalue weighted by molar-refractivity contribution is 5.87. The van der Waals surface area contributed by atoms with Crippen LogP contribution in [0.1, 0.15) is 69.8 Å². The molecule has 1 saturated carbocycles. The van der Waals surface area contributed by atoms with Gasteiger partial charge in [0.15, 0.2) is 0 Å². The number of rotatable bonds is 8. The van der Waals surface area contributed by atoms with Gasteiger partial charge in [-0.25, -0.2) is 0 Å². The highest BCUT2D eigenvalue weighted by Gasteiger charge is 2.38. The number of nitrogens with one attached hydrogen (secondary N) is 1. The van der Waals surface area contributed by atoms with E-state index in [0.717, 1.165) is 56.3 Å². The largest absolute Gasteiger partial charge is 0.403 e. The second-order valence-corrected chi connectivity index (χ2v) is 9.03. The monoisotopic (exact) mass is 425 g/mol. The average Bonchev–Trinajstić information content (AvgIpc) is 3.12. The van der Waals surface area contributed by atoms with Gasteiger partial charge in [-0.1, -0.05) is 49.3 Å². The van der Waals surface area contributed by atoms with Crippen LogP contribution in [0, 0.1) is 0 Å². The zero-order chi connectivity index (χ0) is 21.5. The molecular formula is C24H35N5O2. The van der Waals surface area contributed by atoms with Crippen LogP contribution < -0.4 is 11.1 Å². The van der Waals surface area contributed by atoms with E-state index in [4.69, 9.17) is 10.2 Å². The summed E-state index contributed by atoms with van der Waals surface area (Å²) in [5.41, 5.74) is 7.17. The summed E-state index contributed by atoms with van der Waals surface area (Å²) in [4.78, 5) is 14.9. The highest BCUT2D eigenvalue weighted by Crippen LogP contribution is 2.38. The van der Waals surface area contributed by atoms with Crippen molar-refractivity contribution in [3.63, 3.8) is 0 Å². The second-order valence-electron chi connectivity index (χ2n) is 9.03. The predicted molar refractivity (Wildman–Crippen MR) is 122 cm³/mol. The van der Waals surface area contributed by atoms with E-state index in [1.165, 1.54) is 45.2 Å². The number of amides is 1. The molecule has 0 spiro atoms. The topological polar surface area (TPSA) is 97.3 Å². The zero-order valence-corrected chi connectivity index (χ0v) is 18.4. The van der Waals surface area contributed by atoms with Gasteiger partial charge < -0.3 is 20.4 Å². The van der Waals surface area contributed by atoms with Crippen LogP contribution in [-0.4, -0.2) is 47.2 Å². The molecule has 7 heteroatoms. The first-order valence-electron chi connectivity index (χ1n) is 11.9. The summed E-state index contributed by atoms with van der Waals surface area (Å²) in [6.45, 7) is 4.37. The van der Waals surface area contributed by atoms with E-state index < -0.39 is 5.41 Å². The van der Waals surface area contributed by atoms with Gasteiger partial charge in [-0.3, -0.25) is 4.79 Å². The first-order chi connectivity index (χ1) is 15.2. The molecule has 2 aromatic rings. The molecule has 2 heterocycles. The molecule has 0 atom stereocenters. The number of nitrogens with zero attached hydrogens (tertiary/aromatic N) is 3. The van der Waals surface area contributed by atoms with E-state index >= 15 is 0 Å². The quantitative estimate of drug-likeness (QED) is 0.488. The van der Waals surface area contributed by atoms with Crippen LogP contribution in [0.4, 0.5) is 6.01 Å². The molecule has 1 saturated heterocycles. The Labute approximate surface area is 184 Å². The molecule has 1 aliphatic heterocycles. The van der Waals surface area contributed by atoms with Crippen LogP contribution in [0.2, 0.25) is 0 Å². The summed E-state index contributed by atoms with van der Waals surface area (Å²) < 4.78 is 5.80.